The van der Waals surface area contributed by atoms with Crippen molar-refractivity contribution in [1.82, 2.24) is 0 Å². The Kier molecular flexibility index (Phi) is 5.22. The summed E-state index contributed by atoms with van der Waals surface area (Å²) in [5.74, 6) is 0. The summed E-state index contributed by atoms with van der Waals surface area (Å²) in [6.45, 7) is 8.57. The van der Waals surface area contributed by atoms with Gasteiger partial charge in [-0.2, -0.15) is 0 Å². The maximum atomic E-state index is 2.31. The van der Waals surface area contributed by atoms with Crippen LogP contribution in [0.4, 0.5) is 17.1 Å². The Morgan fingerprint density at radius 1 is 0.448 bits per heavy atom. The Bertz CT molecular complexity index is 1060. The van der Waals surface area contributed by atoms with Crippen molar-refractivity contribution >= 4 is 17.1 Å². The molecule has 4 aromatic rings. The Morgan fingerprint density at radius 2 is 0.862 bits per heavy atom. The van der Waals surface area contributed by atoms with Gasteiger partial charge in [-0.3, -0.25) is 0 Å². The van der Waals surface area contributed by atoms with Crippen molar-refractivity contribution in [2.75, 3.05) is 4.90 Å². The number of aryl methyl sites for hydroxylation is 4. The molecule has 0 fully saturated rings. The van der Waals surface area contributed by atoms with Crippen molar-refractivity contribution in [3.63, 3.8) is 0 Å². The third-order valence-corrected chi connectivity index (χ3v) is 5.41. The molecule has 0 heterocycles. The fourth-order valence-electron chi connectivity index (χ4n) is 3.67. The molecule has 0 spiro atoms. The van der Waals surface area contributed by atoms with E-state index in [0.29, 0.717) is 0 Å². The molecule has 1 nitrogen and oxygen atoms in total. The molecular formula is C28H27N. The Hall–Kier alpha value is -3.32. The lowest BCUT2D eigenvalue weighted by Gasteiger charge is -2.26. The second-order valence-corrected chi connectivity index (χ2v) is 7.87. The van der Waals surface area contributed by atoms with Gasteiger partial charge in [-0.25, -0.2) is 0 Å². The number of anilines is 3. The van der Waals surface area contributed by atoms with Crippen LogP contribution < -0.4 is 4.90 Å². The minimum Gasteiger partial charge on any atom is -0.311 e. The number of hydrogen-bond donors (Lipinski definition) is 0. The summed E-state index contributed by atoms with van der Waals surface area (Å²) in [6.07, 6.45) is 0. The number of benzene rings is 4. The summed E-state index contributed by atoms with van der Waals surface area (Å²) >= 11 is 0. The maximum absolute atomic E-state index is 2.31. The van der Waals surface area contributed by atoms with Crippen LogP contribution in [-0.4, -0.2) is 0 Å². The molecule has 0 aliphatic rings. The Balaban J connectivity index is 1.77. The highest BCUT2D eigenvalue weighted by Gasteiger charge is 2.13. The van der Waals surface area contributed by atoms with E-state index < -0.39 is 0 Å². The van der Waals surface area contributed by atoms with Crippen LogP contribution in [0.3, 0.4) is 0 Å². The molecule has 29 heavy (non-hydrogen) atoms. The summed E-state index contributed by atoms with van der Waals surface area (Å²) < 4.78 is 0. The molecule has 4 rings (SSSR count). The summed E-state index contributed by atoms with van der Waals surface area (Å²) in [6, 6.07) is 33.0. The van der Waals surface area contributed by atoms with Gasteiger partial charge in [0.15, 0.2) is 0 Å². The van der Waals surface area contributed by atoms with Crippen LogP contribution >= 0.6 is 0 Å². The second-order valence-electron chi connectivity index (χ2n) is 7.87. The van der Waals surface area contributed by atoms with E-state index >= 15 is 0 Å². The summed E-state index contributed by atoms with van der Waals surface area (Å²) in [5, 5.41) is 0. The molecule has 0 aliphatic carbocycles. The van der Waals surface area contributed by atoms with Gasteiger partial charge in [0.05, 0.1) is 0 Å². The van der Waals surface area contributed by atoms with Crippen LogP contribution in [0.1, 0.15) is 22.3 Å². The molecule has 0 saturated carbocycles. The number of rotatable bonds is 4. The molecule has 0 atom stereocenters. The van der Waals surface area contributed by atoms with Gasteiger partial charge in [-0.15, -0.1) is 0 Å². The van der Waals surface area contributed by atoms with Crippen molar-refractivity contribution in [3.8, 4) is 11.1 Å². The first-order valence-corrected chi connectivity index (χ1v) is 10.1. The van der Waals surface area contributed by atoms with Crippen LogP contribution in [0, 0.1) is 27.7 Å². The first-order valence-electron chi connectivity index (χ1n) is 10.1. The molecule has 0 amide bonds. The van der Waals surface area contributed by atoms with Gasteiger partial charge in [0.1, 0.15) is 0 Å². The molecule has 0 N–H and O–H groups in total. The van der Waals surface area contributed by atoms with E-state index in [9.17, 15) is 0 Å². The molecule has 4 aromatic carbocycles. The topological polar surface area (TPSA) is 3.24 Å². The fraction of sp³-hybridized carbons (Fsp3) is 0.143. The minimum absolute atomic E-state index is 1.16. The van der Waals surface area contributed by atoms with Gasteiger partial charge in [0, 0.05) is 17.1 Å². The van der Waals surface area contributed by atoms with E-state index in [1.54, 1.807) is 0 Å². The summed E-state index contributed by atoms with van der Waals surface area (Å²) in [5.41, 5.74) is 11.2. The SMILES string of the molecule is Cc1ccc(N(c2ccc(C)cc2)c2ccc(-c3cc(C)ccc3C)cc2)cc1. The molecule has 0 saturated heterocycles. The van der Waals surface area contributed by atoms with Crippen LogP contribution in [-0.2, 0) is 0 Å². The highest BCUT2D eigenvalue weighted by atomic mass is 15.1. The third kappa shape index (κ3) is 4.09. The van der Waals surface area contributed by atoms with E-state index in [-0.39, 0.29) is 0 Å². The third-order valence-electron chi connectivity index (χ3n) is 5.41. The lowest BCUT2D eigenvalue weighted by molar-refractivity contribution is 1.27. The Labute approximate surface area is 174 Å². The smallest absolute Gasteiger partial charge is 0.0462 e. The lowest BCUT2D eigenvalue weighted by atomic mass is 9.98. The van der Waals surface area contributed by atoms with Crippen LogP contribution in [0.2, 0.25) is 0 Å². The van der Waals surface area contributed by atoms with Crippen molar-refractivity contribution in [2.45, 2.75) is 27.7 Å². The molecule has 144 valence electrons. The van der Waals surface area contributed by atoms with E-state index in [4.69, 9.17) is 0 Å². The van der Waals surface area contributed by atoms with Gasteiger partial charge < -0.3 is 4.90 Å². The van der Waals surface area contributed by atoms with Crippen molar-refractivity contribution in [2.24, 2.45) is 0 Å². The highest BCUT2D eigenvalue weighted by Crippen LogP contribution is 2.36. The van der Waals surface area contributed by atoms with E-state index in [2.05, 4.69) is 124 Å². The van der Waals surface area contributed by atoms with Crippen LogP contribution in [0.25, 0.3) is 11.1 Å². The quantitative estimate of drug-likeness (QED) is 0.347. The van der Waals surface area contributed by atoms with E-state index in [1.165, 1.54) is 44.8 Å². The van der Waals surface area contributed by atoms with Gasteiger partial charge in [0.2, 0.25) is 0 Å². The first kappa shape index (κ1) is 19.0. The fourth-order valence-corrected chi connectivity index (χ4v) is 3.67. The molecule has 0 unspecified atom stereocenters. The first-order chi connectivity index (χ1) is 14.0. The maximum Gasteiger partial charge on any atom is 0.0462 e. The predicted octanol–water partition coefficient (Wildman–Crippen LogP) is 8.06. The number of nitrogens with zero attached hydrogens (tertiary/aromatic N) is 1. The summed E-state index contributed by atoms with van der Waals surface area (Å²) in [7, 11) is 0. The van der Waals surface area contributed by atoms with Gasteiger partial charge in [0.25, 0.3) is 0 Å². The van der Waals surface area contributed by atoms with Crippen LogP contribution in [0.15, 0.2) is 91.0 Å². The van der Waals surface area contributed by atoms with Crippen molar-refractivity contribution in [3.05, 3.63) is 113 Å². The van der Waals surface area contributed by atoms with E-state index in [1.807, 2.05) is 0 Å². The van der Waals surface area contributed by atoms with Gasteiger partial charge in [-0.05, 0) is 80.8 Å². The van der Waals surface area contributed by atoms with Crippen molar-refractivity contribution < 1.29 is 0 Å². The Morgan fingerprint density at radius 3 is 1.34 bits per heavy atom. The standard InChI is InChI=1S/C28H27N/c1-20-6-13-25(14-7-20)29(26-15-8-21(2)9-16-26)27-17-11-24(12-18-27)28-19-22(3)5-10-23(28)4/h5-19H,1-4H3. The van der Waals surface area contributed by atoms with E-state index in [0.717, 1.165) is 5.69 Å². The monoisotopic (exact) mass is 377 g/mol. The highest BCUT2D eigenvalue weighted by molar-refractivity contribution is 5.79. The normalized spacial score (nSPS) is 10.8. The molecule has 0 aliphatic heterocycles. The molecule has 1 heteroatoms. The van der Waals surface area contributed by atoms with Gasteiger partial charge in [-0.1, -0.05) is 71.3 Å². The second kappa shape index (κ2) is 7.97. The average Bonchev–Trinajstić information content (AvgIpc) is 2.73. The van der Waals surface area contributed by atoms with Crippen LogP contribution in [0.5, 0.6) is 0 Å². The predicted molar refractivity (Wildman–Crippen MR) is 126 cm³/mol. The zero-order valence-electron chi connectivity index (χ0n) is 17.6. The molecule has 0 bridgehead atoms. The largest absolute Gasteiger partial charge is 0.311 e. The molecular weight excluding hydrogens is 350 g/mol. The van der Waals surface area contributed by atoms with Crippen molar-refractivity contribution in [1.29, 1.82) is 0 Å². The zero-order chi connectivity index (χ0) is 20.4. The number of hydrogen-bond acceptors (Lipinski definition) is 1. The minimum atomic E-state index is 1.16. The van der Waals surface area contributed by atoms with Gasteiger partial charge >= 0.3 is 0 Å². The lowest BCUT2D eigenvalue weighted by Crippen LogP contribution is -2.09. The molecule has 0 radical (unpaired) electrons. The average molecular weight is 378 g/mol. The zero-order valence-corrected chi connectivity index (χ0v) is 17.6. The molecule has 0 aromatic heterocycles. The summed E-state index contributed by atoms with van der Waals surface area (Å²) in [4.78, 5) is 2.31.